The molecule has 0 saturated heterocycles. The Hall–Kier alpha value is -4.46. The summed E-state index contributed by atoms with van der Waals surface area (Å²) < 4.78 is 0. The monoisotopic (exact) mass is 590 g/mol. The predicted octanol–water partition coefficient (Wildman–Crippen LogP) is 5.55. The molecule has 0 bridgehead atoms. The number of hydrogen-bond donors (Lipinski definition) is 0. The highest BCUT2D eigenvalue weighted by molar-refractivity contribution is 5.83. The first-order chi connectivity index (χ1) is 21.2. The zero-order chi connectivity index (χ0) is 31.1. The van der Waals surface area contributed by atoms with E-state index in [-0.39, 0.29) is 24.4 Å². The Labute approximate surface area is 260 Å². The number of hydrogen-bond acceptors (Lipinski definition) is 8. The van der Waals surface area contributed by atoms with E-state index in [0.29, 0.717) is 36.1 Å². The van der Waals surface area contributed by atoms with Gasteiger partial charge in [-0.05, 0) is 78.9 Å². The molecule has 8 heteroatoms. The normalized spacial score (nSPS) is 16.4. The zero-order valence-corrected chi connectivity index (χ0v) is 26.2. The molecule has 4 aromatic rings. The minimum Gasteiger partial charge on any atom is -0.378 e. The van der Waals surface area contributed by atoms with Crippen LogP contribution in [0, 0.1) is 0 Å². The first-order valence-electron chi connectivity index (χ1n) is 15.4. The molecule has 5 rings (SSSR count). The van der Waals surface area contributed by atoms with Gasteiger partial charge in [0.1, 0.15) is 11.6 Å². The zero-order valence-electron chi connectivity index (χ0n) is 26.2. The summed E-state index contributed by atoms with van der Waals surface area (Å²) in [7, 11) is 7.98. The van der Waals surface area contributed by atoms with E-state index in [2.05, 4.69) is 32.5 Å². The molecule has 2 aromatic carbocycles. The van der Waals surface area contributed by atoms with Crippen molar-refractivity contribution in [3.8, 4) is 0 Å². The number of Topliss-reactive ketones (excluding diaryl/α,β-unsaturated/α-hetero) is 2. The number of ketones is 2. The van der Waals surface area contributed by atoms with Crippen molar-refractivity contribution in [1.29, 1.82) is 0 Å². The molecule has 0 radical (unpaired) electrons. The van der Waals surface area contributed by atoms with E-state index in [1.165, 1.54) is 0 Å². The number of carbonyl (C=O) groups excluding carboxylic acids is 2. The van der Waals surface area contributed by atoms with E-state index in [4.69, 9.17) is 0 Å². The van der Waals surface area contributed by atoms with E-state index in [1.54, 1.807) is 0 Å². The Balaban J connectivity index is 1.13. The molecule has 44 heavy (non-hydrogen) atoms. The molecule has 2 atom stereocenters. The van der Waals surface area contributed by atoms with Gasteiger partial charge in [0.05, 0.1) is 35.6 Å². The van der Waals surface area contributed by atoms with Gasteiger partial charge in [-0.25, -0.2) is 0 Å². The van der Waals surface area contributed by atoms with E-state index >= 15 is 0 Å². The fraction of sp³-hybridized carbons (Fsp3) is 0.389. The summed E-state index contributed by atoms with van der Waals surface area (Å²) in [6.07, 6.45) is 5.45. The quantitative estimate of drug-likeness (QED) is 0.212. The van der Waals surface area contributed by atoms with Gasteiger partial charge >= 0.3 is 0 Å². The fourth-order valence-electron chi connectivity index (χ4n) is 5.97. The maximum atomic E-state index is 12.7. The van der Waals surface area contributed by atoms with Crippen molar-refractivity contribution in [3.05, 3.63) is 107 Å². The summed E-state index contributed by atoms with van der Waals surface area (Å²) >= 11 is 0. The third-order valence-corrected chi connectivity index (χ3v) is 8.40. The van der Waals surface area contributed by atoms with Gasteiger partial charge in [0.15, 0.2) is 0 Å². The van der Waals surface area contributed by atoms with Crippen molar-refractivity contribution in [1.82, 2.24) is 20.4 Å². The molecule has 0 amide bonds. The molecule has 1 aliphatic carbocycles. The van der Waals surface area contributed by atoms with Gasteiger partial charge in [-0.15, -0.1) is 0 Å². The van der Waals surface area contributed by atoms with E-state index < -0.39 is 0 Å². The number of rotatable bonds is 12. The summed E-state index contributed by atoms with van der Waals surface area (Å²) in [5.74, 6) is 0.840. The maximum absolute atomic E-state index is 12.7. The lowest BCUT2D eigenvalue weighted by atomic mass is 9.78. The van der Waals surface area contributed by atoms with E-state index in [1.807, 2.05) is 98.7 Å². The minimum atomic E-state index is 0.128. The molecule has 0 aliphatic heterocycles. The van der Waals surface area contributed by atoms with Crippen LogP contribution >= 0.6 is 0 Å². The number of benzene rings is 2. The number of aromatic nitrogens is 4. The van der Waals surface area contributed by atoms with Gasteiger partial charge in [-0.2, -0.15) is 20.4 Å². The van der Waals surface area contributed by atoms with Crippen LogP contribution in [-0.2, 0) is 35.3 Å². The van der Waals surface area contributed by atoms with Crippen LogP contribution in [0.2, 0.25) is 0 Å². The lowest BCUT2D eigenvalue weighted by Gasteiger charge is -2.28. The van der Waals surface area contributed by atoms with Crippen LogP contribution in [0.5, 0.6) is 0 Å². The van der Waals surface area contributed by atoms with Crippen LogP contribution in [0.4, 0.5) is 11.4 Å². The molecule has 8 nitrogen and oxygen atoms in total. The third kappa shape index (κ3) is 8.34. The molecule has 2 heterocycles. The van der Waals surface area contributed by atoms with Gasteiger partial charge in [0.25, 0.3) is 0 Å². The van der Waals surface area contributed by atoms with Crippen molar-refractivity contribution < 1.29 is 9.59 Å². The SMILES string of the molecule is CN(C)c1cccc(CC(=O)Cc2ccc([C@@H]3CCC[C@@H](c4ccc(CC(=O)Cc5cccc(N(C)C)c5)nn4)C3)nn2)c1. The Bertz CT molecular complexity index is 1450. The Morgan fingerprint density at radius 3 is 1.45 bits per heavy atom. The average Bonchev–Trinajstić information content (AvgIpc) is 3.02. The minimum absolute atomic E-state index is 0.128. The largest absolute Gasteiger partial charge is 0.378 e. The lowest BCUT2D eigenvalue weighted by molar-refractivity contribution is -0.118. The molecule has 228 valence electrons. The smallest absolute Gasteiger partial charge is 0.143 e. The molecule has 2 aromatic heterocycles. The van der Waals surface area contributed by atoms with Crippen molar-refractivity contribution in [2.24, 2.45) is 0 Å². The highest BCUT2D eigenvalue weighted by atomic mass is 16.1. The van der Waals surface area contributed by atoms with E-state index in [0.717, 1.165) is 59.6 Å². The van der Waals surface area contributed by atoms with E-state index in [9.17, 15) is 9.59 Å². The maximum Gasteiger partial charge on any atom is 0.143 e. The second-order valence-electron chi connectivity index (χ2n) is 12.4. The molecular formula is C36H42N6O2. The van der Waals surface area contributed by atoms with Crippen LogP contribution in [0.3, 0.4) is 0 Å². The topological polar surface area (TPSA) is 92.2 Å². The first-order valence-corrected chi connectivity index (χ1v) is 15.4. The third-order valence-electron chi connectivity index (χ3n) is 8.40. The molecule has 1 aliphatic rings. The molecule has 1 fully saturated rings. The second kappa shape index (κ2) is 14.3. The van der Waals surface area contributed by atoms with Gasteiger partial charge < -0.3 is 9.80 Å². The van der Waals surface area contributed by atoms with Crippen LogP contribution in [0.25, 0.3) is 0 Å². The van der Waals surface area contributed by atoms with Crippen molar-refractivity contribution in [3.63, 3.8) is 0 Å². The van der Waals surface area contributed by atoms with Gasteiger partial charge in [0.2, 0.25) is 0 Å². The van der Waals surface area contributed by atoms with Crippen LogP contribution < -0.4 is 9.80 Å². The standard InChI is InChI=1S/C36H42N6O2/c1-41(2)31-12-5-8-25(18-31)20-33(43)23-29-14-16-35(39-37-29)27-10-7-11-28(22-27)36-17-15-30(38-40-36)24-34(44)21-26-9-6-13-32(19-26)42(3)4/h5-6,8-9,12-19,27-28H,7,10-11,20-24H2,1-4H3/t27-,28-/m1/s1. The van der Waals surface area contributed by atoms with Crippen molar-refractivity contribution in [2.45, 2.75) is 63.2 Å². The number of nitrogens with zero attached hydrogens (tertiary/aromatic N) is 6. The van der Waals surface area contributed by atoms with Gasteiger partial charge in [0, 0.05) is 64.2 Å². The van der Waals surface area contributed by atoms with Crippen LogP contribution in [0.15, 0.2) is 72.8 Å². The van der Waals surface area contributed by atoms with Gasteiger partial charge in [-0.3, -0.25) is 9.59 Å². The highest BCUT2D eigenvalue weighted by Crippen LogP contribution is 2.39. The number of anilines is 2. The molecule has 0 N–H and O–H groups in total. The molecule has 1 saturated carbocycles. The van der Waals surface area contributed by atoms with Gasteiger partial charge in [-0.1, -0.05) is 30.7 Å². The average molecular weight is 591 g/mol. The van der Waals surface area contributed by atoms with Crippen LogP contribution in [0.1, 0.15) is 71.4 Å². The second-order valence-corrected chi connectivity index (χ2v) is 12.4. The molecule has 0 spiro atoms. The summed E-state index contributed by atoms with van der Waals surface area (Å²) in [6.45, 7) is 0. The Kier molecular flexibility index (Phi) is 10.1. The first kappa shape index (κ1) is 31.0. The summed E-state index contributed by atoms with van der Waals surface area (Å²) in [5.41, 5.74) is 7.53. The highest BCUT2D eigenvalue weighted by Gasteiger charge is 2.27. The van der Waals surface area contributed by atoms with Crippen molar-refractivity contribution in [2.75, 3.05) is 38.0 Å². The lowest BCUT2D eigenvalue weighted by Crippen LogP contribution is -2.17. The Morgan fingerprint density at radius 1 is 0.614 bits per heavy atom. The molecular weight excluding hydrogens is 548 g/mol. The van der Waals surface area contributed by atoms with Crippen molar-refractivity contribution >= 4 is 22.9 Å². The molecule has 0 unspecified atom stereocenters. The Morgan fingerprint density at radius 2 is 1.07 bits per heavy atom. The van der Waals surface area contributed by atoms with Crippen LogP contribution in [-0.4, -0.2) is 60.2 Å². The summed E-state index contributed by atoms with van der Waals surface area (Å²) in [6, 6.07) is 24.1. The predicted molar refractivity (Wildman–Crippen MR) is 174 cm³/mol. The summed E-state index contributed by atoms with van der Waals surface area (Å²) in [5, 5.41) is 17.9. The fourth-order valence-corrected chi connectivity index (χ4v) is 5.97. The number of carbonyl (C=O) groups is 2. The summed E-state index contributed by atoms with van der Waals surface area (Å²) in [4.78, 5) is 29.5.